The molecule has 0 fully saturated rings. The summed E-state index contributed by atoms with van der Waals surface area (Å²) in [5.41, 5.74) is 5.68. The van der Waals surface area contributed by atoms with Gasteiger partial charge in [0, 0.05) is 0 Å². The fourth-order valence-electron chi connectivity index (χ4n) is 5.33. The topological polar surface area (TPSA) is 0 Å². The van der Waals surface area contributed by atoms with Crippen LogP contribution in [0, 0.1) is 27.7 Å². The molecule has 214 valence electrons. The Labute approximate surface area is 258 Å². The van der Waals surface area contributed by atoms with Crippen molar-refractivity contribution in [1.82, 2.24) is 0 Å². The van der Waals surface area contributed by atoms with Crippen LogP contribution < -0.4 is 10.6 Å². The molecule has 0 aromatic heterocycles. The number of aryl methyl sites for hydroxylation is 4. The molecular weight excluding hydrogens is 589 g/mol. The Kier molecular flexibility index (Phi) is 16.5. The van der Waals surface area contributed by atoms with E-state index in [2.05, 4.69) is 104 Å². The summed E-state index contributed by atoms with van der Waals surface area (Å²) in [5, 5.41) is 9.16. The van der Waals surface area contributed by atoms with Crippen molar-refractivity contribution >= 4 is 66.6 Å². The van der Waals surface area contributed by atoms with Gasteiger partial charge in [-0.1, -0.05) is 106 Å². The van der Waals surface area contributed by atoms with E-state index in [1.807, 2.05) is 0 Å². The Balaban J connectivity index is 0.000000249. The van der Waals surface area contributed by atoms with Gasteiger partial charge in [-0.15, -0.1) is 67.5 Å². The van der Waals surface area contributed by atoms with Gasteiger partial charge in [0.1, 0.15) is 0 Å². The maximum absolute atomic E-state index is 4.89. The number of halogens is 2. The number of hydrogen-bond donors (Lipinski definition) is 0. The first-order chi connectivity index (χ1) is 18.8. The zero-order valence-electron chi connectivity index (χ0n) is 25.4. The summed E-state index contributed by atoms with van der Waals surface area (Å²) in [6.07, 6.45) is 10.8. The number of benzene rings is 2. The monoisotopic (exact) mass is 636 g/mol. The Hall–Kier alpha value is -0.186. The molecule has 0 amide bonds. The third-order valence-electron chi connectivity index (χ3n) is 7.32. The molecule has 0 unspecified atom stereocenters. The molecule has 4 rings (SSSR count). The fourth-order valence-corrected chi connectivity index (χ4v) is 10.2. The van der Waals surface area contributed by atoms with Crippen molar-refractivity contribution in [2.24, 2.45) is 0 Å². The van der Waals surface area contributed by atoms with E-state index in [4.69, 9.17) is 18.6 Å². The minimum absolute atomic E-state index is 0.0724. The van der Waals surface area contributed by atoms with Crippen molar-refractivity contribution in [3.63, 3.8) is 0 Å². The van der Waals surface area contributed by atoms with E-state index in [1.165, 1.54) is 94.1 Å². The van der Waals surface area contributed by atoms with E-state index >= 15 is 0 Å². The van der Waals surface area contributed by atoms with Gasteiger partial charge < -0.3 is 0 Å². The second kappa shape index (κ2) is 18.4. The van der Waals surface area contributed by atoms with Crippen LogP contribution in [0.1, 0.15) is 75.6 Å². The van der Waals surface area contributed by atoms with Gasteiger partial charge in [-0.25, -0.2) is 0 Å². The number of rotatable bonds is 10. The standard InChI is InChI=1S/2C17H24P.2ClH.Ti/c2*1-5-9-18(10-6-2)15-11-16-13(3)7-8-14(4)17(16)12-15;;;/h2*7-8,11-12H,5-6,9-10H2,1-4H3;2*1H;/q2*-1;;;+2/p-2. The van der Waals surface area contributed by atoms with Crippen LogP contribution in [0.2, 0.25) is 0 Å². The molecule has 0 heterocycles. The summed E-state index contributed by atoms with van der Waals surface area (Å²) < 4.78 is 0. The fraction of sp³-hybridized carbons (Fsp3) is 0.471. The Morgan fingerprint density at radius 1 is 0.564 bits per heavy atom. The molecule has 0 saturated heterocycles. The van der Waals surface area contributed by atoms with E-state index in [-0.39, 0.29) is 15.8 Å². The predicted molar refractivity (Wildman–Crippen MR) is 183 cm³/mol. The Bertz CT molecular complexity index is 1090. The van der Waals surface area contributed by atoms with Crippen molar-refractivity contribution in [1.29, 1.82) is 0 Å². The van der Waals surface area contributed by atoms with Gasteiger partial charge in [0.05, 0.1) is 0 Å². The molecule has 0 aliphatic carbocycles. The summed E-state index contributed by atoms with van der Waals surface area (Å²) in [6, 6.07) is 18.9. The predicted octanol–water partition coefficient (Wildman–Crippen LogP) is 11.6. The number of hydrogen-bond acceptors (Lipinski definition) is 0. The van der Waals surface area contributed by atoms with E-state index < -0.39 is 17.0 Å². The second-order valence-electron chi connectivity index (χ2n) is 10.5. The van der Waals surface area contributed by atoms with Crippen LogP contribution in [0.5, 0.6) is 0 Å². The van der Waals surface area contributed by atoms with Crippen LogP contribution in [0.25, 0.3) is 21.5 Å². The second-order valence-corrected chi connectivity index (χ2v) is 18.1. The maximum atomic E-state index is 4.89. The Morgan fingerprint density at radius 3 is 1.10 bits per heavy atom. The molecule has 0 bridgehead atoms. The van der Waals surface area contributed by atoms with Crippen molar-refractivity contribution in [2.75, 3.05) is 24.6 Å². The molecule has 5 heteroatoms. The summed E-state index contributed by atoms with van der Waals surface area (Å²) >= 11 is -0.556. The number of fused-ring (bicyclic) bond motifs is 2. The van der Waals surface area contributed by atoms with Gasteiger partial charge in [-0.2, -0.15) is 12.1 Å². The average molecular weight is 637 g/mol. The first-order valence-corrected chi connectivity index (χ1v) is 22.3. The van der Waals surface area contributed by atoms with Crippen molar-refractivity contribution < 1.29 is 17.0 Å². The third kappa shape index (κ3) is 9.95. The molecule has 0 nitrogen and oxygen atoms in total. The van der Waals surface area contributed by atoms with Gasteiger partial charge in [-0.3, -0.25) is 0 Å². The van der Waals surface area contributed by atoms with Crippen molar-refractivity contribution in [2.45, 2.75) is 81.1 Å². The molecular formula is C34H48Cl2P2Ti-2. The van der Waals surface area contributed by atoms with E-state index in [0.29, 0.717) is 0 Å². The van der Waals surface area contributed by atoms with Crippen LogP contribution in [-0.2, 0) is 17.0 Å². The van der Waals surface area contributed by atoms with Gasteiger partial charge in [0.15, 0.2) is 0 Å². The zero-order chi connectivity index (χ0) is 28.9. The van der Waals surface area contributed by atoms with Gasteiger partial charge in [0.25, 0.3) is 0 Å². The molecule has 0 aliphatic rings. The molecule has 0 spiro atoms. The van der Waals surface area contributed by atoms with E-state index in [1.54, 1.807) is 10.6 Å². The minimum atomic E-state index is -0.556. The summed E-state index contributed by atoms with van der Waals surface area (Å²) in [4.78, 5) is 0. The molecule has 0 radical (unpaired) electrons. The van der Waals surface area contributed by atoms with Crippen LogP contribution in [0.3, 0.4) is 0 Å². The van der Waals surface area contributed by atoms with Crippen LogP contribution in [0.4, 0.5) is 0 Å². The summed E-state index contributed by atoms with van der Waals surface area (Å²) in [6.45, 7) is 18.2. The van der Waals surface area contributed by atoms with Crippen molar-refractivity contribution in [3.05, 3.63) is 70.8 Å². The van der Waals surface area contributed by atoms with Crippen LogP contribution >= 0.6 is 34.5 Å². The molecule has 39 heavy (non-hydrogen) atoms. The quantitative estimate of drug-likeness (QED) is 0.0922. The third-order valence-corrected chi connectivity index (χ3v) is 13.2. The van der Waals surface area contributed by atoms with Crippen molar-refractivity contribution in [3.8, 4) is 0 Å². The van der Waals surface area contributed by atoms with Crippen LogP contribution in [0.15, 0.2) is 48.5 Å². The first-order valence-electron chi connectivity index (χ1n) is 14.5. The van der Waals surface area contributed by atoms with E-state index in [0.717, 1.165) is 0 Å². The van der Waals surface area contributed by atoms with Gasteiger partial charge in [-0.05, 0) is 38.5 Å². The average Bonchev–Trinajstić information content (AvgIpc) is 3.56. The molecule has 0 N–H and O–H groups in total. The summed E-state index contributed by atoms with van der Waals surface area (Å²) in [7, 11) is 9.92. The van der Waals surface area contributed by atoms with Gasteiger partial charge >= 0.3 is 35.6 Å². The zero-order valence-corrected chi connectivity index (χ0v) is 30.3. The molecule has 4 aromatic carbocycles. The van der Waals surface area contributed by atoms with Gasteiger partial charge in [0.2, 0.25) is 0 Å². The van der Waals surface area contributed by atoms with E-state index in [9.17, 15) is 0 Å². The first kappa shape index (κ1) is 35.0. The normalized spacial score (nSPS) is 11.1. The summed E-state index contributed by atoms with van der Waals surface area (Å²) in [5.74, 6) is 0. The Morgan fingerprint density at radius 2 is 0.846 bits per heavy atom. The molecule has 0 aliphatic heterocycles. The molecule has 4 aromatic rings. The molecule has 0 saturated carbocycles. The SMILES string of the molecule is CCCP(CCC)c1cc2c(C)ccc(C)c2[cH-]1.CCCP(CCC)c1cc2c(C)ccc(C)c2[cH-]1.[Cl][Ti][Cl]. The molecule has 0 atom stereocenters. The van der Waals surface area contributed by atoms with Crippen LogP contribution in [-0.4, -0.2) is 24.6 Å².